The summed E-state index contributed by atoms with van der Waals surface area (Å²) in [4.78, 5) is 2.50. The van der Waals surface area contributed by atoms with Crippen molar-refractivity contribution in [3.05, 3.63) is 22.2 Å². The summed E-state index contributed by atoms with van der Waals surface area (Å²) in [5, 5.41) is 9.82. The summed E-state index contributed by atoms with van der Waals surface area (Å²) in [5.41, 5.74) is 1.18. The summed E-state index contributed by atoms with van der Waals surface area (Å²) >= 11 is 3.38. The fraction of sp³-hybridized carbons (Fsp3) is 0.600. The molecular weight excluding hydrogens is 306 g/mol. The quantitative estimate of drug-likeness (QED) is 0.913. The van der Waals surface area contributed by atoms with Crippen LogP contribution >= 0.6 is 15.9 Å². The number of likely N-dealkylation sites (tertiary alicyclic amines) is 1. The van der Waals surface area contributed by atoms with Crippen LogP contribution in [0.15, 0.2) is 16.6 Å². The molecule has 2 rings (SSSR count). The first-order chi connectivity index (χ1) is 9.13. The van der Waals surface area contributed by atoms with Gasteiger partial charge in [-0.25, -0.2) is 0 Å². The lowest BCUT2D eigenvalue weighted by Gasteiger charge is -2.32. The molecule has 0 radical (unpaired) electrons. The van der Waals surface area contributed by atoms with Crippen LogP contribution in [0.5, 0.6) is 11.5 Å². The Hall–Kier alpha value is -0.740. The predicted octanol–water partition coefficient (Wildman–Crippen LogP) is 3.79. The van der Waals surface area contributed by atoms with Crippen LogP contribution < -0.4 is 4.74 Å². The number of phenols is 1. The number of nitrogens with zero attached hydrogens (tertiary/aromatic N) is 1. The Kier molecular flexibility index (Phi) is 5.11. The first kappa shape index (κ1) is 14.7. The monoisotopic (exact) mass is 327 g/mol. The summed E-state index contributed by atoms with van der Waals surface area (Å²) in [6.45, 7) is 5.54. The molecule has 19 heavy (non-hydrogen) atoms. The van der Waals surface area contributed by atoms with Crippen molar-refractivity contribution in [3.8, 4) is 11.5 Å². The van der Waals surface area contributed by atoms with Crippen molar-refractivity contribution in [1.29, 1.82) is 0 Å². The van der Waals surface area contributed by atoms with E-state index in [4.69, 9.17) is 4.74 Å². The molecule has 1 unspecified atom stereocenters. The highest BCUT2D eigenvalue weighted by Crippen LogP contribution is 2.35. The third-order valence-corrected chi connectivity index (χ3v) is 4.50. The van der Waals surface area contributed by atoms with Gasteiger partial charge in [0, 0.05) is 13.1 Å². The fourth-order valence-corrected chi connectivity index (χ4v) is 3.25. The molecule has 1 fully saturated rings. The maximum atomic E-state index is 9.82. The van der Waals surface area contributed by atoms with Gasteiger partial charge in [-0.05, 0) is 58.9 Å². The molecule has 106 valence electrons. The lowest BCUT2D eigenvalue weighted by molar-refractivity contribution is 0.164. The van der Waals surface area contributed by atoms with E-state index in [1.54, 1.807) is 7.11 Å². The Morgan fingerprint density at radius 2 is 2.26 bits per heavy atom. The number of halogens is 1. The summed E-state index contributed by atoms with van der Waals surface area (Å²) in [6.07, 6.45) is 3.91. The lowest BCUT2D eigenvalue weighted by atomic mass is 9.95. The summed E-state index contributed by atoms with van der Waals surface area (Å²) in [7, 11) is 1.58. The highest BCUT2D eigenvalue weighted by atomic mass is 79.9. The fourth-order valence-electron chi connectivity index (χ4n) is 2.76. The van der Waals surface area contributed by atoms with E-state index in [-0.39, 0.29) is 5.75 Å². The first-order valence-corrected chi connectivity index (χ1v) is 7.71. The van der Waals surface area contributed by atoms with Gasteiger partial charge in [-0.2, -0.15) is 0 Å². The Bertz CT molecular complexity index is 436. The molecule has 1 aromatic rings. The number of phenolic OH excluding ortho intramolecular Hbond substituents is 1. The van der Waals surface area contributed by atoms with E-state index >= 15 is 0 Å². The number of rotatable bonds is 4. The average molecular weight is 328 g/mol. The molecule has 1 heterocycles. The van der Waals surface area contributed by atoms with Gasteiger partial charge in [0.2, 0.25) is 0 Å². The van der Waals surface area contributed by atoms with Crippen LogP contribution in [0.2, 0.25) is 0 Å². The molecule has 0 bridgehead atoms. The van der Waals surface area contributed by atoms with Crippen LogP contribution in [0.4, 0.5) is 0 Å². The van der Waals surface area contributed by atoms with E-state index < -0.39 is 0 Å². The second kappa shape index (κ2) is 6.62. The van der Waals surface area contributed by atoms with Gasteiger partial charge in [0.25, 0.3) is 0 Å². The van der Waals surface area contributed by atoms with Crippen molar-refractivity contribution >= 4 is 15.9 Å². The predicted molar refractivity (Wildman–Crippen MR) is 80.7 cm³/mol. The van der Waals surface area contributed by atoms with Gasteiger partial charge in [0.15, 0.2) is 11.5 Å². The maximum Gasteiger partial charge on any atom is 0.172 e. The molecule has 1 saturated heterocycles. The van der Waals surface area contributed by atoms with Crippen molar-refractivity contribution in [2.75, 3.05) is 20.2 Å². The number of hydrogen-bond donors (Lipinski definition) is 1. The molecule has 1 aliphatic rings. The number of hydrogen-bond acceptors (Lipinski definition) is 3. The van der Waals surface area contributed by atoms with Crippen molar-refractivity contribution in [3.63, 3.8) is 0 Å². The topological polar surface area (TPSA) is 32.7 Å². The molecule has 0 amide bonds. The minimum Gasteiger partial charge on any atom is -0.503 e. The van der Waals surface area contributed by atoms with Crippen LogP contribution in [0.1, 0.15) is 31.7 Å². The van der Waals surface area contributed by atoms with Crippen LogP contribution in [0.25, 0.3) is 0 Å². The van der Waals surface area contributed by atoms with Crippen LogP contribution in [0, 0.1) is 5.92 Å². The number of ether oxygens (including phenoxy) is 1. The van der Waals surface area contributed by atoms with Crippen LogP contribution in [-0.4, -0.2) is 30.2 Å². The van der Waals surface area contributed by atoms with E-state index in [1.165, 1.54) is 31.4 Å². The van der Waals surface area contributed by atoms with Gasteiger partial charge >= 0.3 is 0 Å². The summed E-state index contributed by atoms with van der Waals surface area (Å²) in [5.74, 6) is 1.54. The van der Waals surface area contributed by atoms with E-state index in [9.17, 15) is 5.11 Å². The zero-order valence-corrected chi connectivity index (χ0v) is 13.2. The molecular formula is C15H22BrNO2. The van der Waals surface area contributed by atoms with Crippen LogP contribution in [0.3, 0.4) is 0 Å². The van der Waals surface area contributed by atoms with Crippen molar-refractivity contribution in [2.24, 2.45) is 5.92 Å². The molecule has 3 nitrogen and oxygen atoms in total. The molecule has 1 atom stereocenters. The van der Waals surface area contributed by atoms with Gasteiger partial charge in [-0.15, -0.1) is 0 Å². The van der Waals surface area contributed by atoms with Gasteiger partial charge in [-0.1, -0.05) is 13.3 Å². The first-order valence-electron chi connectivity index (χ1n) is 6.91. The van der Waals surface area contributed by atoms with E-state index in [0.717, 1.165) is 19.0 Å². The second-order valence-electron chi connectivity index (χ2n) is 5.28. The number of piperidine rings is 1. The molecule has 1 N–H and O–H groups in total. The molecule has 0 saturated carbocycles. The van der Waals surface area contributed by atoms with Crippen molar-refractivity contribution < 1.29 is 9.84 Å². The molecule has 0 aromatic heterocycles. The number of methoxy groups -OCH3 is 1. The van der Waals surface area contributed by atoms with E-state index in [1.807, 2.05) is 12.1 Å². The third kappa shape index (κ3) is 3.63. The van der Waals surface area contributed by atoms with Gasteiger partial charge < -0.3 is 9.84 Å². The van der Waals surface area contributed by atoms with Crippen molar-refractivity contribution in [1.82, 2.24) is 4.90 Å². The Morgan fingerprint density at radius 3 is 2.95 bits per heavy atom. The Morgan fingerprint density at radius 1 is 1.47 bits per heavy atom. The third-order valence-electron chi connectivity index (χ3n) is 3.89. The summed E-state index contributed by atoms with van der Waals surface area (Å²) < 4.78 is 5.90. The van der Waals surface area contributed by atoms with Gasteiger partial charge in [-0.3, -0.25) is 4.90 Å². The maximum absolute atomic E-state index is 9.82. The van der Waals surface area contributed by atoms with Crippen molar-refractivity contribution in [2.45, 2.75) is 32.7 Å². The SMILES string of the molecule is CCC1CCCN(Cc2cc(Br)c(O)c(OC)c2)C1. The molecule has 1 aliphatic heterocycles. The zero-order valence-electron chi connectivity index (χ0n) is 11.7. The van der Waals surface area contributed by atoms with Gasteiger partial charge in [0.05, 0.1) is 11.6 Å². The van der Waals surface area contributed by atoms with E-state index in [2.05, 4.69) is 27.8 Å². The molecule has 1 aromatic carbocycles. The normalized spacial score (nSPS) is 20.5. The highest BCUT2D eigenvalue weighted by Gasteiger charge is 2.19. The van der Waals surface area contributed by atoms with Gasteiger partial charge in [0.1, 0.15) is 0 Å². The minimum absolute atomic E-state index is 0.177. The standard InChI is InChI=1S/C15H22BrNO2/c1-3-11-5-4-6-17(9-11)10-12-7-13(16)15(18)14(8-12)19-2/h7-8,11,18H,3-6,9-10H2,1-2H3. The number of aromatic hydroxyl groups is 1. The average Bonchev–Trinajstić information content (AvgIpc) is 2.43. The highest BCUT2D eigenvalue weighted by molar-refractivity contribution is 9.10. The minimum atomic E-state index is 0.177. The summed E-state index contributed by atoms with van der Waals surface area (Å²) in [6, 6.07) is 3.91. The largest absolute Gasteiger partial charge is 0.503 e. The lowest BCUT2D eigenvalue weighted by Crippen LogP contribution is -2.34. The Labute approximate surface area is 123 Å². The molecule has 0 aliphatic carbocycles. The smallest absolute Gasteiger partial charge is 0.172 e. The second-order valence-corrected chi connectivity index (χ2v) is 6.13. The van der Waals surface area contributed by atoms with E-state index in [0.29, 0.717) is 10.2 Å². The molecule has 0 spiro atoms. The Balaban J connectivity index is 2.08. The zero-order chi connectivity index (χ0) is 13.8. The molecule has 4 heteroatoms. The van der Waals surface area contributed by atoms with Crippen LogP contribution in [-0.2, 0) is 6.54 Å². The number of benzene rings is 1.